The quantitative estimate of drug-likeness (QED) is 0.354. The number of anilines is 1. The number of aliphatic carboxylic acids is 1. The van der Waals surface area contributed by atoms with Crippen LogP contribution < -0.4 is 9.64 Å². The third kappa shape index (κ3) is 4.39. The summed E-state index contributed by atoms with van der Waals surface area (Å²) in [5, 5.41) is 19.7. The number of carboxylic acids is 1. The minimum Gasteiger partial charge on any atom is -0.508 e. The highest BCUT2D eigenvalue weighted by Gasteiger charge is 2.19. The third-order valence-electron chi connectivity index (χ3n) is 4.78. The molecule has 2 N–H and O–H groups in total. The van der Waals surface area contributed by atoms with E-state index in [1.165, 1.54) is 6.08 Å². The Labute approximate surface area is 184 Å². The molecule has 0 spiro atoms. The van der Waals surface area contributed by atoms with Crippen molar-refractivity contribution in [2.24, 2.45) is 0 Å². The van der Waals surface area contributed by atoms with E-state index in [0.29, 0.717) is 5.75 Å². The van der Waals surface area contributed by atoms with Crippen molar-refractivity contribution >= 4 is 39.2 Å². The Kier molecular flexibility index (Phi) is 5.64. The summed E-state index contributed by atoms with van der Waals surface area (Å²) < 4.78 is 7.27. The van der Waals surface area contributed by atoms with Crippen LogP contribution in [0.2, 0.25) is 0 Å². The van der Waals surface area contributed by atoms with Gasteiger partial charge in [-0.2, -0.15) is 0 Å². The first kappa shape index (κ1) is 20.5. The molecule has 6 heteroatoms. The van der Waals surface area contributed by atoms with Gasteiger partial charge >= 0.3 is 5.97 Å². The van der Waals surface area contributed by atoms with Crippen LogP contribution in [0.1, 0.15) is 5.56 Å². The first-order chi connectivity index (χ1) is 14.9. The lowest BCUT2D eigenvalue weighted by molar-refractivity contribution is -0.131. The molecule has 1 aromatic heterocycles. The van der Waals surface area contributed by atoms with Gasteiger partial charge in [0.2, 0.25) is 0 Å². The van der Waals surface area contributed by atoms with Crippen molar-refractivity contribution in [2.45, 2.75) is 0 Å². The van der Waals surface area contributed by atoms with Gasteiger partial charge in [-0.3, -0.25) is 0 Å². The number of carbonyl (C=O) groups is 1. The number of phenols is 1. The van der Waals surface area contributed by atoms with Gasteiger partial charge in [-0.25, -0.2) is 4.79 Å². The number of para-hydroxylation sites is 1. The average Bonchev–Trinajstić information content (AvgIpc) is 3.10. The molecule has 0 aliphatic carbocycles. The highest BCUT2D eigenvalue weighted by atomic mass is 32.1. The second-order valence-electron chi connectivity index (χ2n) is 7.20. The van der Waals surface area contributed by atoms with Crippen LogP contribution in [0.15, 0.2) is 72.8 Å². The Morgan fingerprint density at radius 2 is 1.77 bits per heavy atom. The van der Waals surface area contributed by atoms with Crippen molar-refractivity contribution in [2.75, 3.05) is 19.0 Å². The van der Waals surface area contributed by atoms with E-state index < -0.39 is 5.97 Å². The Balaban J connectivity index is 1.80. The fourth-order valence-corrected chi connectivity index (χ4v) is 4.53. The molecule has 0 radical (unpaired) electrons. The predicted octanol–water partition coefficient (Wildman–Crippen LogP) is 6.23. The Morgan fingerprint density at radius 1 is 1.03 bits per heavy atom. The summed E-state index contributed by atoms with van der Waals surface area (Å²) in [5.74, 6) is 0.590. The second kappa shape index (κ2) is 8.53. The van der Waals surface area contributed by atoms with Crippen LogP contribution in [0.5, 0.6) is 17.2 Å². The normalized spacial score (nSPS) is 11.2. The lowest BCUT2D eigenvalue weighted by atomic mass is 10.1. The van der Waals surface area contributed by atoms with Gasteiger partial charge < -0.3 is 19.8 Å². The monoisotopic (exact) mass is 431 g/mol. The Bertz CT molecular complexity index is 1270. The van der Waals surface area contributed by atoms with Crippen molar-refractivity contribution in [1.29, 1.82) is 0 Å². The molecular formula is C25H21NO4S. The molecule has 0 atom stereocenters. The van der Waals surface area contributed by atoms with Crippen LogP contribution in [-0.2, 0) is 4.79 Å². The summed E-state index contributed by atoms with van der Waals surface area (Å²) >= 11 is 1.57. The Morgan fingerprint density at radius 3 is 2.48 bits per heavy atom. The fourth-order valence-electron chi connectivity index (χ4n) is 3.33. The van der Waals surface area contributed by atoms with Crippen molar-refractivity contribution < 1.29 is 19.7 Å². The largest absolute Gasteiger partial charge is 0.508 e. The minimum absolute atomic E-state index is 0.210. The van der Waals surface area contributed by atoms with Crippen LogP contribution in [0.4, 0.5) is 5.69 Å². The smallest absolute Gasteiger partial charge is 0.328 e. The summed E-state index contributed by atoms with van der Waals surface area (Å²) in [6.07, 6.45) is 2.64. The van der Waals surface area contributed by atoms with E-state index in [0.717, 1.165) is 43.6 Å². The molecule has 156 valence electrons. The van der Waals surface area contributed by atoms with Crippen molar-refractivity contribution in [3.05, 3.63) is 78.4 Å². The molecule has 0 amide bonds. The highest BCUT2D eigenvalue weighted by Crippen LogP contribution is 2.49. The Hall–Kier alpha value is -3.77. The van der Waals surface area contributed by atoms with Crippen molar-refractivity contribution in [1.82, 2.24) is 0 Å². The lowest BCUT2D eigenvalue weighted by Crippen LogP contribution is -2.09. The highest BCUT2D eigenvalue weighted by molar-refractivity contribution is 7.22. The molecular weight excluding hydrogens is 410 g/mol. The molecule has 0 aliphatic heterocycles. The first-order valence-electron chi connectivity index (χ1n) is 9.63. The van der Waals surface area contributed by atoms with E-state index in [1.54, 1.807) is 23.5 Å². The zero-order chi connectivity index (χ0) is 22.0. The van der Waals surface area contributed by atoms with Crippen molar-refractivity contribution in [3.63, 3.8) is 0 Å². The molecule has 0 unspecified atom stereocenters. The number of fused-ring (bicyclic) bond motifs is 1. The summed E-state index contributed by atoms with van der Waals surface area (Å²) in [6, 6.07) is 20.6. The predicted molar refractivity (Wildman–Crippen MR) is 126 cm³/mol. The summed E-state index contributed by atoms with van der Waals surface area (Å²) in [4.78, 5) is 13.7. The third-order valence-corrected chi connectivity index (χ3v) is 5.94. The van der Waals surface area contributed by atoms with Gasteiger partial charge in [0.1, 0.15) is 11.5 Å². The van der Waals surface area contributed by atoms with Gasteiger partial charge in [-0.1, -0.05) is 30.3 Å². The topological polar surface area (TPSA) is 70.0 Å². The van der Waals surface area contributed by atoms with E-state index in [4.69, 9.17) is 9.84 Å². The number of benzene rings is 3. The molecule has 0 aliphatic rings. The number of hydrogen-bond acceptors (Lipinski definition) is 5. The van der Waals surface area contributed by atoms with Crippen LogP contribution in [0.25, 0.3) is 26.6 Å². The summed E-state index contributed by atoms with van der Waals surface area (Å²) in [5.41, 5.74) is 2.88. The van der Waals surface area contributed by atoms with Gasteiger partial charge in [0, 0.05) is 41.5 Å². The second-order valence-corrected chi connectivity index (χ2v) is 8.25. The van der Waals surface area contributed by atoms with Gasteiger partial charge in [0.15, 0.2) is 5.75 Å². The number of hydrogen-bond donors (Lipinski definition) is 2. The van der Waals surface area contributed by atoms with Gasteiger partial charge in [0.05, 0.1) is 4.88 Å². The molecule has 5 nitrogen and oxygen atoms in total. The number of phenolic OH excluding ortho intramolecular Hbond substituents is 1. The molecule has 0 saturated carbocycles. The van der Waals surface area contributed by atoms with Gasteiger partial charge in [0.25, 0.3) is 0 Å². The zero-order valence-electron chi connectivity index (χ0n) is 17.1. The van der Waals surface area contributed by atoms with Crippen LogP contribution >= 0.6 is 11.3 Å². The molecule has 3 aromatic carbocycles. The molecule has 0 fully saturated rings. The zero-order valence-corrected chi connectivity index (χ0v) is 17.9. The van der Waals surface area contributed by atoms with Crippen molar-refractivity contribution in [3.8, 4) is 27.7 Å². The summed E-state index contributed by atoms with van der Waals surface area (Å²) in [6.45, 7) is 0. The number of aromatic hydroxyl groups is 1. The number of nitrogens with zero attached hydrogens (tertiary/aromatic N) is 1. The van der Waals surface area contributed by atoms with E-state index >= 15 is 0 Å². The maximum Gasteiger partial charge on any atom is 0.328 e. The van der Waals surface area contributed by atoms with E-state index in [1.807, 2.05) is 56.6 Å². The number of thiophene rings is 1. The van der Waals surface area contributed by atoms with Crippen LogP contribution in [0.3, 0.4) is 0 Å². The van der Waals surface area contributed by atoms with Gasteiger partial charge in [-0.05, 0) is 48.0 Å². The SMILES string of the molecule is CN(C)c1ccccc1-c1sc2cc(O)ccc2c1Oc1ccc(/C=C/C(=O)O)cc1. The first-order valence-corrected chi connectivity index (χ1v) is 10.4. The molecule has 4 rings (SSSR count). The van der Waals surface area contributed by atoms with Crippen LogP contribution in [0, 0.1) is 0 Å². The fraction of sp³-hybridized carbons (Fsp3) is 0.0800. The maximum atomic E-state index is 10.7. The standard InChI is InChI=1S/C25H21NO4S/c1-26(2)21-6-4-3-5-19(21)25-24(20-13-10-17(27)15-22(20)31-25)30-18-11-7-16(8-12-18)9-14-23(28)29/h3-15,27H,1-2H3,(H,28,29)/b14-9+. The molecule has 0 saturated heterocycles. The number of rotatable bonds is 6. The number of ether oxygens (including phenoxy) is 1. The van der Waals surface area contributed by atoms with E-state index in [2.05, 4.69) is 17.0 Å². The number of carboxylic acid groups (broad SMARTS) is 1. The molecule has 1 heterocycles. The minimum atomic E-state index is -0.988. The molecule has 31 heavy (non-hydrogen) atoms. The van der Waals surface area contributed by atoms with E-state index in [-0.39, 0.29) is 5.75 Å². The average molecular weight is 432 g/mol. The molecule has 0 bridgehead atoms. The maximum absolute atomic E-state index is 10.7. The van der Waals surface area contributed by atoms with Crippen LogP contribution in [-0.4, -0.2) is 30.3 Å². The van der Waals surface area contributed by atoms with Gasteiger partial charge in [-0.15, -0.1) is 11.3 Å². The molecule has 4 aromatic rings. The van der Waals surface area contributed by atoms with E-state index in [9.17, 15) is 9.90 Å². The lowest BCUT2D eigenvalue weighted by Gasteiger charge is -2.17. The summed E-state index contributed by atoms with van der Waals surface area (Å²) in [7, 11) is 4.00.